The molecule has 7 nitrogen and oxygen atoms in total. The summed E-state index contributed by atoms with van der Waals surface area (Å²) in [6.07, 6.45) is 19.6. The number of aromatic nitrogens is 2. The SMILES string of the molecule is CCCCCCCCCCCCCCCCNc1ncnc(OCC)c1[N+](=O)[O-]. The van der Waals surface area contributed by atoms with Crippen molar-refractivity contribution in [2.24, 2.45) is 0 Å². The summed E-state index contributed by atoms with van der Waals surface area (Å²) in [7, 11) is 0. The molecule has 0 spiro atoms. The maximum Gasteiger partial charge on any atom is 0.372 e. The Hall–Kier alpha value is -1.92. The fourth-order valence-electron chi connectivity index (χ4n) is 3.43. The molecule has 166 valence electrons. The Bertz CT molecular complexity index is 555. The summed E-state index contributed by atoms with van der Waals surface area (Å²) in [4.78, 5) is 18.7. The van der Waals surface area contributed by atoms with Crippen LogP contribution in [0.1, 0.15) is 104 Å². The molecule has 0 aliphatic carbocycles. The van der Waals surface area contributed by atoms with Crippen LogP contribution in [0.2, 0.25) is 0 Å². The zero-order valence-corrected chi connectivity index (χ0v) is 18.5. The molecule has 0 fully saturated rings. The molecule has 0 aromatic carbocycles. The van der Waals surface area contributed by atoms with Gasteiger partial charge < -0.3 is 10.1 Å². The van der Waals surface area contributed by atoms with E-state index in [0.717, 1.165) is 12.8 Å². The predicted octanol–water partition coefficient (Wildman–Crippen LogP) is 6.68. The van der Waals surface area contributed by atoms with Crippen molar-refractivity contribution in [1.82, 2.24) is 9.97 Å². The van der Waals surface area contributed by atoms with E-state index >= 15 is 0 Å². The quantitative estimate of drug-likeness (QED) is 0.156. The smallest absolute Gasteiger partial charge is 0.372 e. The molecule has 0 saturated heterocycles. The van der Waals surface area contributed by atoms with Gasteiger partial charge in [0.05, 0.1) is 11.5 Å². The molecule has 1 N–H and O–H groups in total. The second-order valence-corrected chi connectivity index (χ2v) is 7.59. The van der Waals surface area contributed by atoms with E-state index in [2.05, 4.69) is 22.2 Å². The van der Waals surface area contributed by atoms with Gasteiger partial charge in [-0.15, -0.1) is 0 Å². The van der Waals surface area contributed by atoms with Gasteiger partial charge in [-0.2, -0.15) is 4.98 Å². The Morgan fingerprint density at radius 1 is 0.862 bits per heavy atom. The van der Waals surface area contributed by atoms with Crippen molar-refractivity contribution in [2.75, 3.05) is 18.5 Å². The van der Waals surface area contributed by atoms with Crippen LogP contribution >= 0.6 is 0 Å². The number of unbranched alkanes of at least 4 members (excludes halogenated alkanes) is 13. The third kappa shape index (κ3) is 11.6. The van der Waals surface area contributed by atoms with Crippen molar-refractivity contribution >= 4 is 11.5 Å². The summed E-state index contributed by atoms with van der Waals surface area (Å²) in [5.74, 6) is 0.263. The van der Waals surface area contributed by atoms with E-state index in [-0.39, 0.29) is 17.4 Å². The highest BCUT2D eigenvalue weighted by molar-refractivity contribution is 5.61. The molecule has 0 atom stereocenters. The monoisotopic (exact) mass is 408 g/mol. The molecular weight excluding hydrogens is 368 g/mol. The van der Waals surface area contributed by atoms with E-state index in [4.69, 9.17) is 4.74 Å². The number of nitro groups is 1. The normalized spacial score (nSPS) is 10.8. The first kappa shape index (κ1) is 25.1. The highest BCUT2D eigenvalue weighted by atomic mass is 16.6. The van der Waals surface area contributed by atoms with Crippen LogP contribution in [0, 0.1) is 10.1 Å². The van der Waals surface area contributed by atoms with Gasteiger partial charge in [0.1, 0.15) is 6.33 Å². The molecule has 1 aromatic rings. The lowest BCUT2D eigenvalue weighted by Crippen LogP contribution is -2.09. The number of hydrogen-bond acceptors (Lipinski definition) is 6. The fourth-order valence-corrected chi connectivity index (χ4v) is 3.43. The Morgan fingerprint density at radius 2 is 1.38 bits per heavy atom. The number of ether oxygens (including phenoxy) is 1. The predicted molar refractivity (Wildman–Crippen MR) is 119 cm³/mol. The zero-order valence-electron chi connectivity index (χ0n) is 18.5. The van der Waals surface area contributed by atoms with Gasteiger partial charge in [-0.25, -0.2) is 4.98 Å². The van der Waals surface area contributed by atoms with E-state index in [0.29, 0.717) is 13.2 Å². The minimum absolute atomic E-state index is 0.0240. The molecular formula is C22H40N4O3. The van der Waals surface area contributed by atoms with Crippen LogP contribution in [0.15, 0.2) is 6.33 Å². The fraction of sp³-hybridized carbons (Fsp3) is 0.818. The van der Waals surface area contributed by atoms with Crippen molar-refractivity contribution < 1.29 is 9.66 Å². The van der Waals surface area contributed by atoms with E-state index in [9.17, 15) is 10.1 Å². The molecule has 0 unspecified atom stereocenters. The summed E-state index contributed by atoms with van der Waals surface area (Å²) >= 11 is 0. The van der Waals surface area contributed by atoms with Crippen LogP contribution in [-0.4, -0.2) is 28.0 Å². The summed E-state index contributed by atoms with van der Waals surface area (Å²) in [6.45, 7) is 5.03. The summed E-state index contributed by atoms with van der Waals surface area (Å²) in [6, 6.07) is 0. The van der Waals surface area contributed by atoms with Crippen molar-refractivity contribution in [3.63, 3.8) is 0 Å². The van der Waals surface area contributed by atoms with Crippen molar-refractivity contribution in [2.45, 2.75) is 104 Å². The molecule has 7 heteroatoms. The maximum atomic E-state index is 11.3. The van der Waals surface area contributed by atoms with Gasteiger partial charge in [0.15, 0.2) is 0 Å². The van der Waals surface area contributed by atoms with Crippen LogP contribution in [0.3, 0.4) is 0 Å². The molecule has 1 rings (SSSR count). The highest BCUT2D eigenvalue weighted by Crippen LogP contribution is 2.30. The van der Waals surface area contributed by atoms with Gasteiger partial charge in [-0.05, 0) is 13.3 Å². The number of nitrogens with zero attached hydrogens (tertiary/aromatic N) is 3. The first-order valence-electron chi connectivity index (χ1n) is 11.6. The van der Waals surface area contributed by atoms with Crippen LogP contribution in [0.4, 0.5) is 11.5 Å². The molecule has 0 radical (unpaired) electrons. The van der Waals surface area contributed by atoms with Crippen molar-refractivity contribution in [3.8, 4) is 5.88 Å². The lowest BCUT2D eigenvalue weighted by molar-refractivity contribution is -0.385. The maximum absolute atomic E-state index is 11.3. The van der Waals surface area contributed by atoms with Crippen LogP contribution < -0.4 is 10.1 Å². The average Bonchev–Trinajstić information content (AvgIpc) is 2.71. The van der Waals surface area contributed by atoms with Crippen LogP contribution in [0.5, 0.6) is 5.88 Å². The first-order valence-corrected chi connectivity index (χ1v) is 11.6. The lowest BCUT2D eigenvalue weighted by atomic mass is 10.0. The minimum atomic E-state index is -0.488. The standard InChI is InChI=1S/C22H40N4O3/c1-3-5-6-7-8-9-10-11-12-13-14-15-16-17-18-23-21-20(26(27)28)22(29-4-2)25-19-24-21/h19H,3-18H2,1-2H3,(H,23,24,25). The van der Waals surface area contributed by atoms with E-state index in [1.165, 1.54) is 83.4 Å². The van der Waals surface area contributed by atoms with Gasteiger partial charge in [-0.1, -0.05) is 90.4 Å². The van der Waals surface area contributed by atoms with E-state index in [1.54, 1.807) is 6.92 Å². The van der Waals surface area contributed by atoms with Crippen molar-refractivity contribution in [3.05, 3.63) is 16.4 Å². The summed E-state index contributed by atoms with van der Waals surface area (Å²) in [5.41, 5.74) is -0.181. The van der Waals surface area contributed by atoms with Crippen LogP contribution in [-0.2, 0) is 0 Å². The highest BCUT2D eigenvalue weighted by Gasteiger charge is 2.23. The molecule has 29 heavy (non-hydrogen) atoms. The minimum Gasteiger partial charge on any atom is -0.473 e. The molecule has 0 saturated carbocycles. The Kier molecular flexibility index (Phi) is 14.7. The Balaban J connectivity index is 2.04. The number of nitrogens with one attached hydrogen (secondary N) is 1. The topological polar surface area (TPSA) is 90.2 Å². The first-order chi connectivity index (χ1) is 14.2. The third-order valence-electron chi connectivity index (χ3n) is 5.08. The molecule has 1 aromatic heterocycles. The van der Waals surface area contributed by atoms with Crippen LogP contribution in [0.25, 0.3) is 0 Å². The lowest BCUT2D eigenvalue weighted by Gasteiger charge is -2.08. The molecule has 1 heterocycles. The van der Waals surface area contributed by atoms with E-state index in [1.807, 2.05) is 0 Å². The number of hydrogen-bond donors (Lipinski definition) is 1. The Labute approximate surface area is 176 Å². The van der Waals surface area contributed by atoms with Gasteiger partial charge >= 0.3 is 5.69 Å². The second-order valence-electron chi connectivity index (χ2n) is 7.59. The Morgan fingerprint density at radius 3 is 1.86 bits per heavy atom. The van der Waals surface area contributed by atoms with Gasteiger partial charge in [0.25, 0.3) is 5.88 Å². The van der Waals surface area contributed by atoms with Gasteiger partial charge in [0, 0.05) is 6.54 Å². The summed E-state index contributed by atoms with van der Waals surface area (Å²) < 4.78 is 5.23. The van der Waals surface area contributed by atoms with Gasteiger partial charge in [0.2, 0.25) is 5.82 Å². The van der Waals surface area contributed by atoms with Gasteiger partial charge in [-0.3, -0.25) is 10.1 Å². The average molecular weight is 409 g/mol. The summed E-state index contributed by atoms with van der Waals surface area (Å²) in [5, 5.41) is 14.3. The number of rotatable bonds is 19. The third-order valence-corrected chi connectivity index (χ3v) is 5.08. The largest absolute Gasteiger partial charge is 0.473 e. The molecule has 0 bridgehead atoms. The molecule has 0 amide bonds. The number of anilines is 1. The zero-order chi connectivity index (χ0) is 21.2. The van der Waals surface area contributed by atoms with E-state index < -0.39 is 4.92 Å². The molecule has 0 aliphatic heterocycles. The second kappa shape index (κ2) is 17.0. The van der Waals surface area contributed by atoms with Crippen molar-refractivity contribution in [1.29, 1.82) is 0 Å². The molecule has 0 aliphatic rings.